The van der Waals surface area contributed by atoms with Crippen LogP contribution >= 0.6 is 0 Å². The lowest BCUT2D eigenvalue weighted by molar-refractivity contribution is -0.122. The van der Waals surface area contributed by atoms with Crippen molar-refractivity contribution < 1.29 is 14.3 Å². The molecule has 1 aromatic carbocycles. The van der Waals surface area contributed by atoms with Crippen molar-refractivity contribution >= 4 is 11.8 Å². The Labute approximate surface area is 118 Å². The molecule has 0 aromatic heterocycles. The summed E-state index contributed by atoms with van der Waals surface area (Å²) < 4.78 is 5.47. The van der Waals surface area contributed by atoms with Gasteiger partial charge in [0.25, 0.3) is 5.91 Å². The monoisotopic (exact) mass is 276 g/mol. The third kappa shape index (κ3) is 3.98. The number of benzene rings is 1. The quantitative estimate of drug-likeness (QED) is 0.856. The molecule has 0 bridgehead atoms. The Kier molecular flexibility index (Phi) is 4.98. The fourth-order valence-electron chi connectivity index (χ4n) is 2.05. The highest BCUT2D eigenvalue weighted by molar-refractivity contribution is 5.94. The molecule has 0 radical (unpaired) electrons. The normalized spacial score (nSPS) is 18.2. The lowest BCUT2D eigenvalue weighted by Crippen LogP contribution is -2.47. The van der Waals surface area contributed by atoms with Gasteiger partial charge in [0.2, 0.25) is 5.91 Å². The van der Waals surface area contributed by atoms with Gasteiger partial charge in [-0.1, -0.05) is 6.92 Å². The molecule has 1 saturated heterocycles. The zero-order valence-electron chi connectivity index (χ0n) is 11.6. The van der Waals surface area contributed by atoms with Crippen molar-refractivity contribution in [3.05, 3.63) is 29.8 Å². The maximum Gasteiger partial charge on any atom is 0.251 e. The summed E-state index contributed by atoms with van der Waals surface area (Å²) >= 11 is 0. The minimum atomic E-state index is -0.117. The van der Waals surface area contributed by atoms with Crippen LogP contribution in [0.4, 0.5) is 0 Å². The highest BCUT2D eigenvalue weighted by Gasteiger charge is 2.20. The predicted molar refractivity (Wildman–Crippen MR) is 75.7 cm³/mol. The van der Waals surface area contributed by atoms with E-state index in [1.54, 1.807) is 24.3 Å². The molecule has 1 fully saturated rings. The average molecular weight is 276 g/mol. The molecule has 1 unspecified atom stereocenters. The Morgan fingerprint density at radius 1 is 1.40 bits per heavy atom. The first-order chi connectivity index (χ1) is 9.69. The lowest BCUT2D eigenvalue weighted by Gasteiger charge is -2.23. The first-order valence-corrected chi connectivity index (χ1v) is 6.99. The summed E-state index contributed by atoms with van der Waals surface area (Å²) in [7, 11) is 0. The van der Waals surface area contributed by atoms with E-state index in [1.807, 2.05) is 6.92 Å². The summed E-state index contributed by atoms with van der Waals surface area (Å²) in [5, 5.41) is 5.67. The molecule has 108 valence electrons. The summed E-state index contributed by atoms with van der Waals surface area (Å²) in [6, 6.07) is 7.11. The van der Waals surface area contributed by atoms with Gasteiger partial charge in [-0.05, 0) is 37.1 Å². The van der Waals surface area contributed by atoms with Gasteiger partial charge in [0.05, 0.1) is 6.61 Å². The number of ether oxygens (including phenoxy) is 1. The molecule has 2 N–H and O–H groups in total. The fourth-order valence-corrected chi connectivity index (χ4v) is 2.05. The molecule has 0 saturated carbocycles. The SMILES string of the molecule is CCCOc1ccc(C(=O)NC2CCC(=O)NC2)cc1. The van der Waals surface area contributed by atoms with Crippen molar-refractivity contribution in [1.29, 1.82) is 0 Å². The van der Waals surface area contributed by atoms with E-state index in [-0.39, 0.29) is 17.9 Å². The Morgan fingerprint density at radius 3 is 2.75 bits per heavy atom. The maximum absolute atomic E-state index is 12.1. The van der Waals surface area contributed by atoms with E-state index >= 15 is 0 Å². The first kappa shape index (κ1) is 14.4. The number of amides is 2. The molecule has 1 aliphatic rings. The number of rotatable bonds is 5. The minimum absolute atomic E-state index is 0.0104. The third-order valence-electron chi connectivity index (χ3n) is 3.19. The van der Waals surface area contributed by atoms with Crippen LogP contribution in [0, 0.1) is 0 Å². The molecular weight excluding hydrogens is 256 g/mol. The molecule has 20 heavy (non-hydrogen) atoms. The van der Waals surface area contributed by atoms with Crippen LogP contribution in [0.25, 0.3) is 0 Å². The number of carbonyl (C=O) groups is 2. The Bertz CT molecular complexity index is 461. The molecule has 0 spiro atoms. The Hall–Kier alpha value is -2.04. The van der Waals surface area contributed by atoms with Crippen LogP contribution in [0.3, 0.4) is 0 Å². The van der Waals surface area contributed by atoms with Crippen LogP contribution in [-0.2, 0) is 4.79 Å². The van der Waals surface area contributed by atoms with E-state index in [4.69, 9.17) is 4.74 Å². The number of hydrogen-bond acceptors (Lipinski definition) is 3. The van der Waals surface area contributed by atoms with Gasteiger partial charge in [-0.15, -0.1) is 0 Å². The molecule has 1 atom stereocenters. The molecule has 5 nitrogen and oxygen atoms in total. The summed E-state index contributed by atoms with van der Waals surface area (Å²) in [6.45, 7) is 3.22. The lowest BCUT2D eigenvalue weighted by atomic mass is 10.1. The number of piperidine rings is 1. The van der Waals surface area contributed by atoms with Gasteiger partial charge < -0.3 is 15.4 Å². The van der Waals surface area contributed by atoms with Crippen LogP contribution in [0.1, 0.15) is 36.5 Å². The third-order valence-corrected chi connectivity index (χ3v) is 3.19. The van der Waals surface area contributed by atoms with E-state index in [0.29, 0.717) is 31.6 Å². The van der Waals surface area contributed by atoms with Crippen LogP contribution in [0.15, 0.2) is 24.3 Å². The van der Waals surface area contributed by atoms with Gasteiger partial charge in [0, 0.05) is 24.6 Å². The fraction of sp³-hybridized carbons (Fsp3) is 0.467. The van der Waals surface area contributed by atoms with E-state index in [0.717, 1.165) is 12.2 Å². The average Bonchev–Trinajstić information content (AvgIpc) is 2.48. The summed E-state index contributed by atoms with van der Waals surface area (Å²) in [5.74, 6) is 0.703. The van der Waals surface area contributed by atoms with Crippen LogP contribution in [0.5, 0.6) is 5.75 Å². The van der Waals surface area contributed by atoms with Crippen molar-refractivity contribution in [3.63, 3.8) is 0 Å². The number of hydrogen-bond donors (Lipinski definition) is 2. The van der Waals surface area contributed by atoms with Crippen molar-refractivity contribution in [2.24, 2.45) is 0 Å². The molecule has 0 aliphatic carbocycles. The molecule has 1 heterocycles. The van der Waals surface area contributed by atoms with Crippen LogP contribution in [-0.4, -0.2) is 31.0 Å². The van der Waals surface area contributed by atoms with Gasteiger partial charge in [-0.3, -0.25) is 9.59 Å². The van der Waals surface area contributed by atoms with Gasteiger partial charge >= 0.3 is 0 Å². The molecule has 5 heteroatoms. The first-order valence-electron chi connectivity index (χ1n) is 6.99. The molecular formula is C15H20N2O3. The molecule has 1 aromatic rings. The van der Waals surface area contributed by atoms with E-state index < -0.39 is 0 Å². The maximum atomic E-state index is 12.1. The van der Waals surface area contributed by atoms with Gasteiger partial charge in [0.1, 0.15) is 5.75 Å². The van der Waals surface area contributed by atoms with E-state index in [2.05, 4.69) is 10.6 Å². The van der Waals surface area contributed by atoms with Crippen LogP contribution in [0.2, 0.25) is 0 Å². The van der Waals surface area contributed by atoms with Gasteiger partial charge in [-0.2, -0.15) is 0 Å². The molecule has 2 rings (SSSR count). The van der Waals surface area contributed by atoms with Crippen molar-refractivity contribution in [3.8, 4) is 5.75 Å². The predicted octanol–water partition coefficient (Wildman–Crippen LogP) is 1.48. The topological polar surface area (TPSA) is 67.4 Å². The summed E-state index contributed by atoms with van der Waals surface area (Å²) in [4.78, 5) is 23.1. The van der Waals surface area contributed by atoms with Gasteiger partial charge in [0.15, 0.2) is 0 Å². The summed E-state index contributed by atoms with van der Waals surface area (Å²) in [6.07, 6.45) is 2.11. The second-order valence-electron chi connectivity index (χ2n) is 4.89. The standard InChI is InChI=1S/C15H20N2O3/c1-2-9-20-13-6-3-11(4-7-13)15(19)17-12-5-8-14(18)16-10-12/h3-4,6-7,12H,2,5,8-10H2,1H3,(H,16,18)(H,17,19). The largest absolute Gasteiger partial charge is 0.494 e. The second-order valence-corrected chi connectivity index (χ2v) is 4.89. The smallest absolute Gasteiger partial charge is 0.251 e. The van der Waals surface area contributed by atoms with Crippen molar-refractivity contribution in [2.45, 2.75) is 32.2 Å². The van der Waals surface area contributed by atoms with E-state index in [1.165, 1.54) is 0 Å². The summed E-state index contributed by atoms with van der Waals surface area (Å²) in [5.41, 5.74) is 0.603. The highest BCUT2D eigenvalue weighted by Crippen LogP contribution is 2.13. The molecule has 2 amide bonds. The van der Waals surface area contributed by atoms with Crippen LogP contribution < -0.4 is 15.4 Å². The van der Waals surface area contributed by atoms with E-state index in [9.17, 15) is 9.59 Å². The van der Waals surface area contributed by atoms with Crippen molar-refractivity contribution in [1.82, 2.24) is 10.6 Å². The Balaban J connectivity index is 1.87. The highest BCUT2D eigenvalue weighted by atomic mass is 16.5. The number of carbonyl (C=O) groups excluding carboxylic acids is 2. The van der Waals surface area contributed by atoms with Crippen molar-refractivity contribution in [2.75, 3.05) is 13.2 Å². The minimum Gasteiger partial charge on any atom is -0.494 e. The second kappa shape index (κ2) is 6.93. The van der Waals surface area contributed by atoms with Gasteiger partial charge in [-0.25, -0.2) is 0 Å². The Morgan fingerprint density at radius 2 is 2.15 bits per heavy atom. The zero-order valence-corrected chi connectivity index (χ0v) is 11.6. The zero-order chi connectivity index (χ0) is 14.4. The molecule has 1 aliphatic heterocycles. The number of nitrogens with one attached hydrogen (secondary N) is 2.